The van der Waals surface area contributed by atoms with Crippen molar-refractivity contribution in [3.63, 3.8) is 0 Å². The second-order valence-corrected chi connectivity index (χ2v) is 7.29. The maximum atomic E-state index is 13.0. The molecule has 3 aromatic rings. The number of halogens is 3. The van der Waals surface area contributed by atoms with Crippen LogP contribution in [0.3, 0.4) is 0 Å². The highest BCUT2D eigenvalue weighted by atomic mass is 19.4. The standard InChI is InChI=1S/C19H18F3N7O2/c20-19(21,22)13-3-5-25-16(28-13)14(15(24)30)17-26-11-2-1-9(7-12(11)27-17)18(31)29-6-4-10(23)8-29/h1-3,5,7,10,14H,4,6,8,23H2,(H2,24,30)(H,26,27)/t10-,14?/m1/s1. The first-order chi connectivity index (χ1) is 14.6. The Morgan fingerprint density at radius 2 is 2.00 bits per heavy atom. The summed E-state index contributed by atoms with van der Waals surface area (Å²) in [7, 11) is 0. The van der Waals surface area contributed by atoms with E-state index >= 15 is 0 Å². The lowest BCUT2D eigenvalue weighted by Gasteiger charge is -2.15. The van der Waals surface area contributed by atoms with Gasteiger partial charge in [-0.25, -0.2) is 15.0 Å². The Balaban J connectivity index is 1.69. The molecule has 1 fully saturated rings. The largest absolute Gasteiger partial charge is 0.433 e. The monoisotopic (exact) mass is 433 g/mol. The van der Waals surface area contributed by atoms with Crippen molar-refractivity contribution in [3.05, 3.63) is 53.4 Å². The average molecular weight is 433 g/mol. The van der Waals surface area contributed by atoms with Crippen LogP contribution < -0.4 is 11.5 Å². The summed E-state index contributed by atoms with van der Waals surface area (Å²) in [5.41, 5.74) is 11.3. The van der Waals surface area contributed by atoms with Gasteiger partial charge in [0.15, 0.2) is 5.92 Å². The number of hydrogen-bond acceptors (Lipinski definition) is 6. The molecule has 162 valence electrons. The molecule has 0 bridgehead atoms. The van der Waals surface area contributed by atoms with E-state index in [1.54, 1.807) is 23.1 Å². The van der Waals surface area contributed by atoms with E-state index in [4.69, 9.17) is 11.5 Å². The summed E-state index contributed by atoms with van der Waals surface area (Å²) >= 11 is 0. The fourth-order valence-corrected chi connectivity index (χ4v) is 3.51. The molecule has 0 saturated carbocycles. The van der Waals surface area contributed by atoms with Gasteiger partial charge in [0, 0.05) is 30.9 Å². The number of nitrogens with two attached hydrogens (primary N) is 2. The molecule has 9 nitrogen and oxygen atoms in total. The van der Waals surface area contributed by atoms with Crippen molar-refractivity contribution in [1.82, 2.24) is 24.8 Å². The summed E-state index contributed by atoms with van der Waals surface area (Å²) in [6.45, 7) is 1.02. The Hall–Kier alpha value is -3.54. The number of aromatic nitrogens is 4. The minimum absolute atomic E-state index is 0.0189. The lowest BCUT2D eigenvalue weighted by atomic mass is 10.1. The van der Waals surface area contributed by atoms with Gasteiger partial charge < -0.3 is 21.4 Å². The van der Waals surface area contributed by atoms with Crippen LogP contribution in [-0.2, 0) is 11.0 Å². The van der Waals surface area contributed by atoms with Crippen molar-refractivity contribution < 1.29 is 22.8 Å². The number of H-pyrrole nitrogens is 1. The number of hydrogen-bond donors (Lipinski definition) is 3. The van der Waals surface area contributed by atoms with Gasteiger partial charge in [0.1, 0.15) is 17.3 Å². The predicted octanol–water partition coefficient (Wildman–Crippen LogP) is 1.16. The smallest absolute Gasteiger partial charge is 0.369 e. The fourth-order valence-electron chi connectivity index (χ4n) is 3.51. The van der Waals surface area contributed by atoms with Crippen LogP contribution in [0.2, 0.25) is 0 Å². The molecule has 1 aliphatic heterocycles. The minimum atomic E-state index is -4.71. The molecular formula is C19H18F3N7O2. The number of benzene rings is 1. The first kappa shape index (κ1) is 20.7. The molecule has 1 saturated heterocycles. The van der Waals surface area contributed by atoms with Crippen molar-refractivity contribution in [1.29, 1.82) is 0 Å². The number of rotatable bonds is 4. The number of amides is 2. The first-order valence-electron chi connectivity index (χ1n) is 9.37. The topological polar surface area (TPSA) is 144 Å². The van der Waals surface area contributed by atoms with Crippen LogP contribution in [0.1, 0.15) is 40.0 Å². The molecule has 1 aromatic carbocycles. The van der Waals surface area contributed by atoms with Crippen LogP contribution in [0.15, 0.2) is 30.5 Å². The van der Waals surface area contributed by atoms with Gasteiger partial charge in [-0.1, -0.05) is 0 Å². The number of nitrogens with zero attached hydrogens (tertiary/aromatic N) is 4. The van der Waals surface area contributed by atoms with Crippen molar-refractivity contribution in [3.8, 4) is 0 Å². The van der Waals surface area contributed by atoms with E-state index < -0.39 is 29.5 Å². The number of likely N-dealkylation sites (tertiary alicyclic amines) is 1. The van der Waals surface area contributed by atoms with Gasteiger partial charge in [0.05, 0.1) is 11.0 Å². The highest BCUT2D eigenvalue weighted by molar-refractivity contribution is 5.97. The zero-order chi connectivity index (χ0) is 22.3. The quantitative estimate of drug-likeness (QED) is 0.563. The molecule has 2 aromatic heterocycles. The highest BCUT2D eigenvalue weighted by Gasteiger charge is 2.35. The van der Waals surface area contributed by atoms with Crippen molar-refractivity contribution in [2.45, 2.75) is 24.6 Å². The first-order valence-corrected chi connectivity index (χ1v) is 9.37. The van der Waals surface area contributed by atoms with Gasteiger partial charge in [0.25, 0.3) is 5.91 Å². The molecular weight excluding hydrogens is 415 g/mol. The molecule has 4 rings (SSSR count). The second-order valence-electron chi connectivity index (χ2n) is 7.29. The third-order valence-corrected chi connectivity index (χ3v) is 5.04. The van der Waals surface area contributed by atoms with E-state index in [0.717, 1.165) is 12.6 Å². The third-order valence-electron chi connectivity index (χ3n) is 5.04. The summed E-state index contributed by atoms with van der Waals surface area (Å²) in [4.78, 5) is 40.7. The van der Waals surface area contributed by atoms with Gasteiger partial charge in [-0.15, -0.1) is 0 Å². The van der Waals surface area contributed by atoms with Crippen LogP contribution in [0.4, 0.5) is 13.2 Å². The molecule has 0 spiro atoms. The van der Waals surface area contributed by atoms with Gasteiger partial charge >= 0.3 is 6.18 Å². The summed E-state index contributed by atoms with van der Waals surface area (Å²) in [5.74, 6) is -3.04. The molecule has 0 radical (unpaired) electrons. The summed E-state index contributed by atoms with van der Waals surface area (Å²) in [6, 6.07) is 5.35. The SMILES string of the molecule is NC(=O)C(c1nccc(C(F)(F)F)n1)c1nc2ccc(C(=O)N3CC[C@@H](N)C3)cc2[nH]1. The number of aromatic amines is 1. The summed E-state index contributed by atoms with van der Waals surface area (Å²) in [6.07, 6.45) is -3.08. The molecule has 3 heterocycles. The van der Waals surface area contributed by atoms with E-state index in [1.165, 1.54) is 0 Å². The van der Waals surface area contributed by atoms with Crippen LogP contribution in [0.5, 0.6) is 0 Å². The van der Waals surface area contributed by atoms with Crippen LogP contribution >= 0.6 is 0 Å². The van der Waals surface area contributed by atoms with E-state index in [9.17, 15) is 22.8 Å². The van der Waals surface area contributed by atoms with Crippen molar-refractivity contribution in [2.24, 2.45) is 11.5 Å². The number of nitrogens with one attached hydrogen (secondary N) is 1. The predicted molar refractivity (Wildman–Crippen MR) is 103 cm³/mol. The van der Waals surface area contributed by atoms with E-state index in [1.807, 2.05) is 0 Å². The summed E-state index contributed by atoms with van der Waals surface area (Å²) in [5, 5.41) is 0. The summed E-state index contributed by atoms with van der Waals surface area (Å²) < 4.78 is 39.0. The van der Waals surface area contributed by atoms with Crippen LogP contribution in [0.25, 0.3) is 11.0 Å². The van der Waals surface area contributed by atoms with Crippen LogP contribution in [-0.4, -0.2) is 55.8 Å². The molecule has 0 aliphatic carbocycles. The van der Waals surface area contributed by atoms with E-state index in [0.29, 0.717) is 35.8 Å². The molecule has 12 heteroatoms. The normalized spacial score (nSPS) is 17.8. The van der Waals surface area contributed by atoms with Crippen molar-refractivity contribution in [2.75, 3.05) is 13.1 Å². The molecule has 31 heavy (non-hydrogen) atoms. The van der Waals surface area contributed by atoms with E-state index in [2.05, 4.69) is 19.9 Å². The number of imidazole rings is 1. The number of carbonyl (C=O) groups is 2. The number of fused-ring (bicyclic) bond motifs is 1. The van der Waals surface area contributed by atoms with Gasteiger partial charge in [-0.3, -0.25) is 9.59 Å². The Bertz CT molecular complexity index is 1160. The Kier molecular flexibility index (Phi) is 5.09. The second kappa shape index (κ2) is 7.61. The number of carbonyl (C=O) groups excluding carboxylic acids is 2. The van der Waals surface area contributed by atoms with Gasteiger partial charge in [-0.05, 0) is 30.7 Å². The Labute approximate surface area is 173 Å². The molecule has 1 aliphatic rings. The lowest BCUT2D eigenvalue weighted by Crippen LogP contribution is -2.31. The lowest BCUT2D eigenvalue weighted by molar-refractivity contribution is -0.141. The zero-order valence-corrected chi connectivity index (χ0v) is 16.1. The van der Waals surface area contributed by atoms with Crippen LogP contribution in [0, 0.1) is 0 Å². The van der Waals surface area contributed by atoms with Gasteiger partial charge in [-0.2, -0.15) is 13.2 Å². The number of alkyl halides is 3. The highest BCUT2D eigenvalue weighted by Crippen LogP contribution is 2.29. The molecule has 2 atom stereocenters. The zero-order valence-electron chi connectivity index (χ0n) is 16.1. The Morgan fingerprint density at radius 3 is 2.65 bits per heavy atom. The molecule has 5 N–H and O–H groups in total. The Morgan fingerprint density at radius 1 is 1.23 bits per heavy atom. The average Bonchev–Trinajstić information content (AvgIpc) is 3.32. The maximum absolute atomic E-state index is 13.0. The fraction of sp³-hybridized carbons (Fsp3) is 0.316. The van der Waals surface area contributed by atoms with E-state index in [-0.39, 0.29) is 17.8 Å². The number of primary amides is 1. The third kappa shape index (κ3) is 4.06. The van der Waals surface area contributed by atoms with Gasteiger partial charge in [0.2, 0.25) is 5.91 Å². The molecule has 2 amide bonds. The molecule has 1 unspecified atom stereocenters. The minimum Gasteiger partial charge on any atom is -0.369 e. The maximum Gasteiger partial charge on any atom is 0.433 e. The van der Waals surface area contributed by atoms with Crippen molar-refractivity contribution >= 4 is 22.8 Å².